The maximum absolute atomic E-state index is 12.9. The number of rotatable bonds is 5. The van der Waals surface area contributed by atoms with E-state index in [0.29, 0.717) is 48.9 Å². The minimum absolute atomic E-state index is 0.342. The summed E-state index contributed by atoms with van der Waals surface area (Å²) >= 11 is 0. The highest BCUT2D eigenvalue weighted by atomic mass is 32.2. The number of aryl methyl sites for hydroxylation is 2. The lowest BCUT2D eigenvalue weighted by atomic mass is 10.2. The van der Waals surface area contributed by atoms with Crippen LogP contribution >= 0.6 is 0 Å². The zero-order valence-corrected chi connectivity index (χ0v) is 15.5. The molecule has 2 aromatic rings. The molecule has 1 aliphatic heterocycles. The Kier molecular flexibility index (Phi) is 5.12. The van der Waals surface area contributed by atoms with Gasteiger partial charge in [-0.2, -0.15) is 4.31 Å². The van der Waals surface area contributed by atoms with Crippen molar-refractivity contribution in [2.45, 2.75) is 25.3 Å². The molecule has 0 radical (unpaired) electrons. The van der Waals surface area contributed by atoms with Crippen molar-refractivity contribution in [1.29, 1.82) is 0 Å². The second-order valence-corrected chi connectivity index (χ2v) is 8.15. The lowest BCUT2D eigenvalue weighted by molar-refractivity contribution is 0.177. The van der Waals surface area contributed by atoms with Crippen LogP contribution in [-0.2, 0) is 16.6 Å². The van der Waals surface area contributed by atoms with Gasteiger partial charge in [-0.25, -0.2) is 8.42 Å². The Hall–Kier alpha value is -1.90. The Morgan fingerprint density at radius 1 is 1.16 bits per heavy atom. The van der Waals surface area contributed by atoms with E-state index in [-0.39, 0.29) is 0 Å². The van der Waals surface area contributed by atoms with Crippen LogP contribution < -0.4 is 4.74 Å². The summed E-state index contributed by atoms with van der Waals surface area (Å²) in [7, 11) is -1.92. The topological polar surface area (TPSA) is 75.9 Å². The third kappa shape index (κ3) is 3.86. The van der Waals surface area contributed by atoms with Crippen LogP contribution in [0, 0.1) is 13.8 Å². The Bertz CT molecular complexity index is 839. The van der Waals surface area contributed by atoms with Gasteiger partial charge in [-0.05, 0) is 37.6 Å². The van der Waals surface area contributed by atoms with E-state index in [1.54, 1.807) is 36.5 Å². The summed E-state index contributed by atoms with van der Waals surface area (Å²) in [6, 6.07) is 6.96. The van der Waals surface area contributed by atoms with Gasteiger partial charge in [0.15, 0.2) is 0 Å². The molecule has 136 valence electrons. The largest absolute Gasteiger partial charge is 0.497 e. The predicted molar refractivity (Wildman–Crippen MR) is 93.0 cm³/mol. The fourth-order valence-electron chi connectivity index (χ4n) is 3.03. The summed E-state index contributed by atoms with van der Waals surface area (Å²) < 4.78 is 37.6. The van der Waals surface area contributed by atoms with Gasteiger partial charge >= 0.3 is 0 Å². The number of ether oxygens (including phenoxy) is 1. The van der Waals surface area contributed by atoms with E-state index in [2.05, 4.69) is 10.1 Å². The van der Waals surface area contributed by atoms with Crippen molar-refractivity contribution in [2.75, 3.05) is 33.3 Å². The van der Waals surface area contributed by atoms with Crippen molar-refractivity contribution in [3.05, 3.63) is 41.3 Å². The normalized spacial score (nSPS) is 16.9. The number of hydrogen-bond acceptors (Lipinski definition) is 6. The predicted octanol–water partition coefficient (Wildman–Crippen LogP) is 1.81. The number of nitrogens with zero attached hydrogens (tertiary/aromatic N) is 3. The van der Waals surface area contributed by atoms with E-state index in [9.17, 15) is 8.42 Å². The van der Waals surface area contributed by atoms with Crippen LogP contribution in [0.4, 0.5) is 0 Å². The third-order valence-corrected chi connectivity index (χ3v) is 6.45. The number of piperazine rings is 1. The van der Waals surface area contributed by atoms with E-state index < -0.39 is 10.0 Å². The number of sulfonamides is 1. The summed E-state index contributed by atoms with van der Waals surface area (Å²) in [5, 5.41) is 3.99. The van der Waals surface area contributed by atoms with E-state index >= 15 is 0 Å². The summed E-state index contributed by atoms with van der Waals surface area (Å²) in [6.45, 7) is 6.58. The van der Waals surface area contributed by atoms with Crippen LogP contribution in [0.25, 0.3) is 0 Å². The first kappa shape index (κ1) is 17.9. The van der Waals surface area contributed by atoms with Crippen LogP contribution in [0.1, 0.15) is 17.0 Å². The summed E-state index contributed by atoms with van der Waals surface area (Å²) in [5.74, 6) is 1.44. The van der Waals surface area contributed by atoms with Crippen molar-refractivity contribution < 1.29 is 17.7 Å². The molecule has 1 saturated heterocycles. The zero-order chi connectivity index (χ0) is 18.0. The molecule has 0 unspecified atom stereocenters. The van der Waals surface area contributed by atoms with Crippen LogP contribution in [0.3, 0.4) is 0 Å². The summed E-state index contributed by atoms with van der Waals surface area (Å²) in [6.07, 6.45) is 0. The number of hydrogen-bond donors (Lipinski definition) is 0. The van der Waals surface area contributed by atoms with Crippen molar-refractivity contribution >= 4 is 10.0 Å². The maximum Gasteiger partial charge on any atom is 0.243 e. The molecule has 8 heteroatoms. The zero-order valence-electron chi connectivity index (χ0n) is 14.7. The fourth-order valence-corrected chi connectivity index (χ4v) is 4.65. The lowest BCUT2D eigenvalue weighted by Crippen LogP contribution is -2.48. The molecule has 0 bridgehead atoms. The van der Waals surface area contributed by atoms with Gasteiger partial charge in [0.2, 0.25) is 10.0 Å². The maximum atomic E-state index is 12.9. The molecule has 0 saturated carbocycles. The Morgan fingerprint density at radius 3 is 2.44 bits per heavy atom. The molecule has 1 aromatic heterocycles. The molecular formula is C17H23N3O4S. The van der Waals surface area contributed by atoms with Gasteiger partial charge < -0.3 is 9.26 Å². The fraction of sp³-hybridized carbons (Fsp3) is 0.471. The average molecular weight is 365 g/mol. The second-order valence-electron chi connectivity index (χ2n) is 6.24. The average Bonchev–Trinajstić information content (AvgIpc) is 3.00. The number of benzene rings is 1. The van der Waals surface area contributed by atoms with Crippen molar-refractivity contribution in [3.63, 3.8) is 0 Å². The van der Waals surface area contributed by atoms with Gasteiger partial charge in [0, 0.05) is 38.8 Å². The second kappa shape index (κ2) is 7.15. The highest BCUT2D eigenvalue weighted by Crippen LogP contribution is 2.25. The quantitative estimate of drug-likeness (QED) is 0.804. The van der Waals surface area contributed by atoms with Gasteiger partial charge in [-0.1, -0.05) is 5.16 Å². The van der Waals surface area contributed by atoms with Crippen LogP contribution in [-0.4, -0.2) is 56.1 Å². The first-order valence-electron chi connectivity index (χ1n) is 8.19. The molecule has 1 aromatic carbocycles. The number of aromatic nitrogens is 1. The highest BCUT2D eigenvalue weighted by molar-refractivity contribution is 7.89. The molecule has 1 aliphatic rings. The molecular weight excluding hydrogens is 342 g/mol. The summed E-state index contributed by atoms with van der Waals surface area (Å²) in [4.78, 5) is 2.53. The van der Waals surface area contributed by atoms with Crippen molar-refractivity contribution in [3.8, 4) is 5.75 Å². The molecule has 0 aliphatic carbocycles. The molecule has 0 N–H and O–H groups in total. The van der Waals surface area contributed by atoms with Gasteiger partial charge in [0.1, 0.15) is 11.5 Å². The van der Waals surface area contributed by atoms with E-state index in [1.807, 2.05) is 13.0 Å². The first-order chi connectivity index (χ1) is 11.9. The highest BCUT2D eigenvalue weighted by Gasteiger charge is 2.29. The molecule has 0 atom stereocenters. The van der Waals surface area contributed by atoms with Gasteiger partial charge in [0.05, 0.1) is 17.7 Å². The Morgan fingerprint density at radius 2 is 1.88 bits per heavy atom. The van der Waals surface area contributed by atoms with Crippen LogP contribution in [0.5, 0.6) is 5.75 Å². The molecule has 2 heterocycles. The van der Waals surface area contributed by atoms with Crippen molar-refractivity contribution in [1.82, 2.24) is 14.4 Å². The summed E-state index contributed by atoms with van der Waals surface area (Å²) in [5.41, 5.74) is 1.57. The smallest absolute Gasteiger partial charge is 0.243 e. The van der Waals surface area contributed by atoms with E-state index in [0.717, 1.165) is 11.5 Å². The minimum atomic E-state index is -3.49. The van der Waals surface area contributed by atoms with Crippen LogP contribution in [0.15, 0.2) is 33.7 Å². The van der Waals surface area contributed by atoms with Gasteiger partial charge in [-0.15, -0.1) is 0 Å². The van der Waals surface area contributed by atoms with Gasteiger partial charge in [0.25, 0.3) is 0 Å². The SMILES string of the molecule is COc1ccc(S(=O)(=O)N2CCN(Cc3cc(C)on3)CC2)c(C)c1. The lowest BCUT2D eigenvalue weighted by Gasteiger charge is -2.33. The molecule has 25 heavy (non-hydrogen) atoms. The standard InChI is InChI=1S/C17H23N3O4S/c1-13-10-16(23-3)4-5-17(13)25(21,22)20-8-6-19(7-9-20)12-15-11-14(2)24-18-15/h4-5,10-11H,6-9,12H2,1-3H3. The van der Waals surface area contributed by atoms with E-state index in [4.69, 9.17) is 9.26 Å². The minimum Gasteiger partial charge on any atom is -0.497 e. The molecule has 0 spiro atoms. The third-order valence-electron chi connectivity index (χ3n) is 4.39. The Labute approximate surface area is 148 Å². The molecule has 0 amide bonds. The number of methoxy groups -OCH3 is 1. The monoisotopic (exact) mass is 365 g/mol. The molecule has 3 rings (SSSR count). The van der Waals surface area contributed by atoms with Gasteiger partial charge in [-0.3, -0.25) is 4.90 Å². The first-order valence-corrected chi connectivity index (χ1v) is 9.63. The Balaban J connectivity index is 1.67. The molecule has 7 nitrogen and oxygen atoms in total. The van der Waals surface area contributed by atoms with E-state index in [1.165, 1.54) is 0 Å². The molecule has 1 fully saturated rings. The van der Waals surface area contributed by atoms with Crippen LogP contribution in [0.2, 0.25) is 0 Å². The van der Waals surface area contributed by atoms with Crippen molar-refractivity contribution in [2.24, 2.45) is 0 Å².